The lowest BCUT2D eigenvalue weighted by Crippen LogP contribution is -2.41. The third kappa shape index (κ3) is 4.96. The van der Waals surface area contributed by atoms with Crippen LogP contribution in [0.4, 0.5) is 0 Å². The monoisotopic (exact) mass is 320 g/mol. The molecule has 2 atom stereocenters. The molecule has 22 heavy (non-hydrogen) atoms. The van der Waals surface area contributed by atoms with Gasteiger partial charge in [-0.1, -0.05) is 6.07 Å². The van der Waals surface area contributed by atoms with Crippen molar-refractivity contribution in [2.45, 2.75) is 39.3 Å². The molecule has 5 nitrogen and oxygen atoms in total. The van der Waals surface area contributed by atoms with E-state index in [0.29, 0.717) is 13.1 Å². The summed E-state index contributed by atoms with van der Waals surface area (Å²) in [5.74, 6) is 0.0345. The van der Waals surface area contributed by atoms with E-state index in [9.17, 15) is 4.79 Å². The van der Waals surface area contributed by atoms with Crippen molar-refractivity contribution in [1.82, 2.24) is 20.4 Å². The fourth-order valence-corrected chi connectivity index (χ4v) is 2.86. The van der Waals surface area contributed by atoms with Crippen LogP contribution < -0.4 is 10.6 Å². The number of amides is 1. The Bertz CT molecular complexity index is 579. The number of hydrogen-bond donors (Lipinski definition) is 2. The van der Waals surface area contributed by atoms with Crippen LogP contribution in [0, 0.1) is 6.92 Å². The summed E-state index contributed by atoms with van der Waals surface area (Å²) in [6.07, 6.45) is 4.76. The molecule has 0 aliphatic heterocycles. The van der Waals surface area contributed by atoms with Crippen LogP contribution in [0.15, 0.2) is 29.9 Å². The summed E-state index contributed by atoms with van der Waals surface area (Å²) in [6, 6.07) is 4.49. The number of aromatic nitrogens is 2. The molecule has 0 aliphatic rings. The molecule has 0 spiro atoms. The quantitative estimate of drug-likeness (QED) is 0.783. The number of nitrogens with zero attached hydrogens (tertiary/aromatic N) is 2. The van der Waals surface area contributed by atoms with E-state index in [-0.39, 0.29) is 18.0 Å². The largest absolute Gasteiger partial charge is 0.355 e. The molecule has 0 unspecified atom stereocenters. The SMILES string of the molecule is Cc1cnn([C@H](C)[C@H](C)NCC(=O)NCCc2cccs2)c1. The predicted octanol–water partition coefficient (Wildman–Crippen LogP) is 2.15. The van der Waals surface area contributed by atoms with E-state index in [0.717, 1.165) is 12.0 Å². The van der Waals surface area contributed by atoms with Crippen LogP contribution in [0.3, 0.4) is 0 Å². The first kappa shape index (κ1) is 16.7. The number of carbonyl (C=O) groups excluding carboxylic acids is 1. The van der Waals surface area contributed by atoms with Crippen molar-refractivity contribution in [3.63, 3.8) is 0 Å². The van der Waals surface area contributed by atoms with Crippen molar-refractivity contribution in [1.29, 1.82) is 0 Å². The molecular formula is C16H24N4OS. The van der Waals surface area contributed by atoms with Crippen molar-refractivity contribution < 1.29 is 4.79 Å². The highest BCUT2D eigenvalue weighted by molar-refractivity contribution is 7.09. The molecule has 0 aliphatic carbocycles. The first-order valence-electron chi connectivity index (χ1n) is 7.59. The lowest BCUT2D eigenvalue weighted by molar-refractivity contribution is -0.120. The van der Waals surface area contributed by atoms with Gasteiger partial charge < -0.3 is 10.6 Å². The minimum Gasteiger partial charge on any atom is -0.355 e. The fraction of sp³-hybridized carbons (Fsp3) is 0.500. The molecule has 0 saturated carbocycles. The average molecular weight is 320 g/mol. The van der Waals surface area contributed by atoms with Crippen LogP contribution >= 0.6 is 11.3 Å². The number of thiophene rings is 1. The van der Waals surface area contributed by atoms with Crippen LogP contribution in [0.2, 0.25) is 0 Å². The van der Waals surface area contributed by atoms with E-state index < -0.39 is 0 Å². The molecule has 0 aromatic carbocycles. The Hall–Kier alpha value is -1.66. The zero-order valence-corrected chi connectivity index (χ0v) is 14.2. The first-order chi connectivity index (χ1) is 10.6. The zero-order valence-electron chi connectivity index (χ0n) is 13.4. The Balaban J connectivity index is 1.66. The maximum Gasteiger partial charge on any atom is 0.233 e. The van der Waals surface area contributed by atoms with Gasteiger partial charge in [-0.2, -0.15) is 5.10 Å². The second-order valence-corrected chi connectivity index (χ2v) is 6.62. The molecule has 0 fully saturated rings. The smallest absolute Gasteiger partial charge is 0.233 e. The highest BCUT2D eigenvalue weighted by atomic mass is 32.1. The second-order valence-electron chi connectivity index (χ2n) is 5.59. The van der Waals surface area contributed by atoms with E-state index in [1.54, 1.807) is 11.3 Å². The fourth-order valence-electron chi connectivity index (χ4n) is 2.15. The number of carbonyl (C=O) groups is 1. The Morgan fingerprint density at radius 3 is 2.91 bits per heavy atom. The summed E-state index contributed by atoms with van der Waals surface area (Å²) in [4.78, 5) is 13.1. The van der Waals surface area contributed by atoms with Gasteiger partial charge in [0.25, 0.3) is 0 Å². The second kappa shape index (κ2) is 8.10. The lowest BCUT2D eigenvalue weighted by atomic mass is 10.2. The predicted molar refractivity (Wildman–Crippen MR) is 90.2 cm³/mol. The van der Waals surface area contributed by atoms with E-state index in [1.807, 2.05) is 30.1 Å². The van der Waals surface area contributed by atoms with E-state index in [2.05, 4.69) is 41.0 Å². The van der Waals surface area contributed by atoms with Crippen molar-refractivity contribution in [3.8, 4) is 0 Å². The summed E-state index contributed by atoms with van der Waals surface area (Å²) in [7, 11) is 0. The van der Waals surface area contributed by atoms with Gasteiger partial charge in [-0.05, 0) is 44.2 Å². The molecule has 1 amide bonds. The van der Waals surface area contributed by atoms with Crippen molar-refractivity contribution >= 4 is 17.2 Å². The molecule has 2 aromatic heterocycles. The van der Waals surface area contributed by atoms with Crippen molar-refractivity contribution in [2.75, 3.05) is 13.1 Å². The van der Waals surface area contributed by atoms with Crippen LogP contribution in [0.25, 0.3) is 0 Å². The van der Waals surface area contributed by atoms with Crippen LogP contribution in [-0.4, -0.2) is 34.8 Å². The summed E-state index contributed by atoms with van der Waals surface area (Å²) in [5, 5.41) is 12.6. The van der Waals surface area contributed by atoms with Gasteiger partial charge in [-0.25, -0.2) is 0 Å². The van der Waals surface area contributed by atoms with Gasteiger partial charge in [0.05, 0.1) is 18.8 Å². The normalized spacial score (nSPS) is 13.8. The van der Waals surface area contributed by atoms with Crippen molar-refractivity contribution in [2.24, 2.45) is 0 Å². The molecule has 6 heteroatoms. The van der Waals surface area contributed by atoms with E-state index in [4.69, 9.17) is 0 Å². The molecule has 0 bridgehead atoms. The highest BCUT2D eigenvalue weighted by Crippen LogP contribution is 2.10. The zero-order chi connectivity index (χ0) is 15.9. The topological polar surface area (TPSA) is 59.0 Å². The van der Waals surface area contributed by atoms with Gasteiger partial charge in [0, 0.05) is 23.7 Å². The third-order valence-corrected chi connectivity index (χ3v) is 4.67. The van der Waals surface area contributed by atoms with Crippen LogP contribution in [0.1, 0.15) is 30.3 Å². The third-order valence-electron chi connectivity index (χ3n) is 3.73. The number of nitrogens with one attached hydrogen (secondary N) is 2. The molecule has 0 saturated heterocycles. The van der Waals surface area contributed by atoms with Gasteiger partial charge in [-0.15, -0.1) is 11.3 Å². The standard InChI is InChI=1S/C16H24N4OS/c1-12-9-19-20(11-12)14(3)13(2)18-10-16(21)17-7-6-15-5-4-8-22-15/h4-5,8-9,11,13-14,18H,6-7,10H2,1-3H3,(H,17,21)/t13-,14+/m0/s1. The first-order valence-corrected chi connectivity index (χ1v) is 8.47. The van der Waals surface area contributed by atoms with E-state index in [1.165, 1.54) is 4.88 Å². The summed E-state index contributed by atoms with van der Waals surface area (Å²) >= 11 is 1.72. The van der Waals surface area contributed by atoms with Gasteiger partial charge in [-0.3, -0.25) is 9.48 Å². The van der Waals surface area contributed by atoms with Gasteiger partial charge in [0.2, 0.25) is 5.91 Å². The molecule has 2 heterocycles. The molecule has 2 aromatic rings. The highest BCUT2D eigenvalue weighted by Gasteiger charge is 2.15. The van der Waals surface area contributed by atoms with Crippen LogP contribution in [0.5, 0.6) is 0 Å². The number of hydrogen-bond acceptors (Lipinski definition) is 4. The molecule has 2 N–H and O–H groups in total. The molecular weight excluding hydrogens is 296 g/mol. The lowest BCUT2D eigenvalue weighted by Gasteiger charge is -2.21. The van der Waals surface area contributed by atoms with Gasteiger partial charge in [0.15, 0.2) is 0 Å². The van der Waals surface area contributed by atoms with Gasteiger partial charge >= 0.3 is 0 Å². The Kier molecular flexibility index (Phi) is 6.15. The molecule has 2 rings (SSSR count). The average Bonchev–Trinajstić information content (AvgIpc) is 3.15. The Morgan fingerprint density at radius 2 is 2.27 bits per heavy atom. The minimum absolute atomic E-state index is 0.0345. The maximum atomic E-state index is 11.8. The maximum absolute atomic E-state index is 11.8. The van der Waals surface area contributed by atoms with Crippen molar-refractivity contribution in [3.05, 3.63) is 40.3 Å². The summed E-state index contributed by atoms with van der Waals surface area (Å²) in [6.45, 7) is 7.20. The minimum atomic E-state index is 0.0345. The summed E-state index contributed by atoms with van der Waals surface area (Å²) in [5.41, 5.74) is 1.14. The molecule has 120 valence electrons. The van der Waals surface area contributed by atoms with Gasteiger partial charge in [0.1, 0.15) is 0 Å². The number of rotatable bonds is 8. The van der Waals surface area contributed by atoms with E-state index >= 15 is 0 Å². The molecule has 0 radical (unpaired) electrons. The van der Waals surface area contributed by atoms with Crippen LogP contribution in [-0.2, 0) is 11.2 Å². The Labute approximate surface area is 135 Å². The Morgan fingerprint density at radius 1 is 1.45 bits per heavy atom. The number of aryl methyl sites for hydroxylation is 1. The summed E-state index contributed by atoms with van der Waals surface area (Å²) < 4.78 is 1.93.